The van der Waals surface area contributed by atoms with E-state index in [9.17, 15) is 10.2 Å². The van der Waals surface area contributed by atoms with Crippen molar-refractivity contribution in [2.75, 3.05) is 40.0 Å². The van der Waals surface area contributed by atoms with Gasteiger partial charge < -0.3 is 24.6 Å². The molecule has 5 nitrogen and oxygen atoms in total. The molecule has 6 atom stereocenters. The molecule has 3 saturated heterocycles. The molecular weight excluding hydrogens is 330 g/mol. The third-order valence-electron chi connectivity index (χ3n) is 5.89. The average Bonchev–Trinajstić information content (AvgIpc) is 3.08. The SMILES string of the molecule is CC(C)[C@@H]1CO[C@H]2[C@@H]1OC[C@H]2O.CN1C[C@H](CO)C[C@@H](CC(C)(C)C)C1. The Balaban J connectivity index is 0.000000189. The van der Waals surface area contributed by atoms with Crippen LogP contribution >= 0.6 is 0 Å². The van der Waals surface area contributed by atoms with Crippen LogP contribution in [0.4, 0.5) is 0 Å². The zero-order chi connectivity index (χ0) is 19.5. The summed E-state index contributed by atoms with van der Waals surface area (Å²) >= 11 is 0. The fourth-order valence-electron chi connectivity index (χ4n) is 4.80. The van der Waals surface area contributed by atoms with Crippen LogP contribution in [0, 0.1) is 29.1 Å². The van der Waals surface area contributed by atoms with Crippen molar-refractivity contribution in [2.24, 2.45) is 29.1 Å². The average molecular weight is 372 g/mol. The number of ether oxygens (including phenoxy) is 2. The summed E-state index contributed by atoms with van der Waals surface area (Å²) in [6.45, 7) is 15.0. The van der Waals surface area contributed by atoms with E-state index in [1.165, 1.54) is 19.4 Å². The number of hydrogen-bond acceptors (Lipinski definition) is 5. The van der Waals surface area contributed by atoms with Crippen LogP contribution in [0.25, 0.3) is 0 Å². The van der Waals surface area contributed by atoms with Gasteiger partial charge in [-0.15, -0.1) is 0 Å². The lowest BCUT2D eigenvalue weighted by Crippen LogP contribution is -2.40. The zero-order valence-corrected chi connectivity index (χ0v) is 17.6. The standard InChI is InChI=1S/C12H25NO.C9H16O3/c1-12(2,3)6-10-5-11(9-14)8-13(4)7-10;1-5(2)6-3-11-9-7(10)4-12-8(6)9/h10-11,14H,5-9H2,1-4H3;5-10H,3-4H2,1-2H3/t10-,11+;6-,7+,8+,9+/m00/s1. The van der Waals surface area contributed by atoms with Crippen LogP contribution in [0.5, 0.6) is 0 Å². The molecule has 3 rings (SSSR count). The molecule has 0 radical (unpaired) electrons. The molecule has 0 amide bonds. The maximum atomic E-state index is 9.45. The molecule has 0 aromatic carbocycles. The van der Waals surface area contributed by atoms with Gasteiger partial charge in [-0.1, -0.05) is 34.6 Å². The fourth-order valence-corrected chi connectivity index (χ4v) is 4.80. The van der Waals surface area contributed by atoms with E-state index in [0.29, 0.717) is 36.4 Å². The number of aliphatic hydroxyl groups excluding tert-OH is 2. The maximum Gasteiger partial charge on any atom is 0.112 e. The molecule has 0 aromatic heterocycles. The van der Waals surface area contributed by atoms with Crippen molar-refractivity contribution < 1.29 is 19.7 Å². The predicted molar refractivity (Wildman–Crippen MR) is 104 cm³/mol. The summed E-state index contributed by atoms with van der Waals surface area (Å²) in [7, 11) is 2.16. The molecule has 0 unspecified atom stereocenters. The Kier molecular flexibility index (Phi) is 7.93. The normalized spacial score (nSPS) is 38.2. The van der Waals surface area contributed by atoms with Crippen molar-refractivity contribution in [3.8, 4) is 0 Å². The van der Waals surface area contributed by atoms with E-state index in [4.69, 9.17) is 9.47 Å². The molecule has 3 fully saturated rings. The Hall–Kier alpha value is -0.200. The van der Waals surface area contributed by atoms with Crippen molar-refractivity contribution in [1.29, 1.82) is 0 Å². The van der Waals surface area contributed by atoms with Crippen molar-refractivity contribution in [3.05, 3.63) is 0 Å². The molecular formula is C21H41NO4. The second-order valence-electron chi connectivity index (χ2n) is 10.2. The van der Waals surface area contributed by atoms with Crippen LogP contribution in [-0.4, -0.2) is 73.4 Å². The van der Waals surface area contributed by atoms with E-state index >= 15 is 0 Å². The summed E-state index contributed by atoms with van der Waals surface area (Å²) in [4.78, 5) is 2.36. The Bertz CT molecular complexity index is 423. The monoisotopic (exact) mass is 371 g/mol. The smallest absolute Gasteiger partial charge is 0.112 e. The summed E-state index contributed by atoms with van der Waals surface area (Å²) in [5.74, 6) is 2.31. The van der Waals surface area contributed by atoms with Gasteiger partial charge in [0.2, 0.25) is 0 Å². The Labute approximate surface area is 160 Å². The fraction of sp³-hybridized carbons (Fsp3) is 1.00. The lowest BCUT2D eigenvalue weighted by Gasteiger charge is -2.37. The predicted octanol–water partition coefficient (Wildman–Crippen LogP) is 2.40. The highest BCUT2D eigenvalue weighted by atomic mass is 16.6. The Morgan fingerprint density at radius 1 is 1.04 bits per heavy atom. The third-order valence-corrected chi connectivity index (χ3v) is 5.89. The molecule has 0 aliphatic carbocycles. The summed E-state index contributed by atoms with van der Waals surface area (Å²) in [5, 5.41) is 18.6. The number of fused-ring (bicyclic) bond motifs is 1. The first-order valence-corrected chi connectivity index (χ1v) is 10.3. The van der Waals surface area contributed by atoms with Crippen LogP contribution in [0.3, 0.4) is 0 Å². The molecule has 154 valence electrons. The van der Waals surface area contributed by atoms with Gasteiger partial charge in [0.15, 0.2) is 0 Å². The number of likely N-dealkylation sites (tertiary alicyclic amines) is 1. The highest BCUT2D eigenvalue weighted by molar-refractivity contribution is 4.94. The zero-order valence-electron chi connectivity index (χ0n) is 17.6. The molecule has 0 saturated carbocycles. The number of nitrogens with zero attached hydrogens (tertiary/aromatic N) is 1. The second kappa shape index (κ2) is 9.33. The number of hydrogen-bond donors (Lipinski definition) is 2. The highest BCUT2D eigenvalue weighted by Crippen LogP contribution is 2.35. The Morgan fingerprint density at radius 2 is 1.65 bits per heavy atom. The van der Waals surface area contributed by atoms with Gasteiger partial charge in [0, 0.05) is 25.6 Å². The summed E-state index contributed by atoms with van der Waals surface area (Å²) in [5.41, 5.74) is 0.419. The molecule has 3 aliphatic heterocycles. The minimum atomic E-state index is -0.404. The van der Waals surface area contributed by atoms with Gasteiger partial charge in [0.1, 0.15) is 12.2 Å². The second-order valence-corrected chi connectivity index (χ2v) is 10.2. The highest BCUT2D eigenvalue weighted by Gasteiger charge is 2.47. The molecule has 0 spiro atoms. The lowest BCUT2D eigenvalue weighted by molar-refractivity contribution is 0.0153. The third kappa shape index (κ3) is 6.16. The molecule has 3 heterocycles. The van der Waals surface area contributed by atoms with Crippen molar-refractivity contribution >= 4 is 0 Å². The summed E-state index contributed by atoms with van der Waals surface area (Å²) < 4.78 is 11.0. The first-order valence-electron chi connectivity index (χ1n) is 10.3. The van der Waals surface area contributed by atoms with Crippen molar-refractivity contribution in [1.82, 2.24) is 4.90 Å². The van der Waals surface area contributed by atoms with Crippen LogP contribution in [-0.2, 0) is 9.47 Å². The van der Waals surface area contributed by atoms with Gasteiger partial charge in [0.25, 0.3) is 0 Å². The van der Waals surface area contributed by atoms with Gasteiger partial charge in [-0.05, 0) is 43.1 Å². The van der Waals surface area contributed by atoms with E-state index < -0.39 is 6.10 Å². The van der Waals surface area contributed by atoms with E-state index in [0.717, 1.165) is 19.1 Å². The number of rotatable bonds is 3. The molecule has 26 heavy (non-hydrogen) atoms. The Morgan fingerprint density at radius 3 is 2.23 bits per heavy atom. The van der Waals surface area contributed by atoms with Gasteiger partial charge in [0.05, 0.1) is 19.3 Å². The molecule has 0 aromatic rings. The molecule has 3 aliphatic rings. The van der Waals surface area contributed by atoms with Gasteiger partial charge in [-0.25, -0.2) is 0 Å². The van der Waals surface area contributed by atoms with E-state index in [1.54, 1.807) is 0 Å². The topological polar surface area (TPSA) is 62.2 Å². The first kappa shape index (κ1) is 22.1. The van der Waals surface area contributed by atoms with Crippen LogP contribution < -0.4 is 0 Å². The van der Waals surface area contributed by atoms with Gasteiger partial charge in [-0.3, -0.25) is 0 Å². The number of aliphatic hydroxyl groups is 2. The van der Waals surface area contributed by atoms with E-state index in [-0.39, 0.29) is 12.2 Å². The summed E-state index contributed by atoms with van der Waals surface area (Å²) in [6.07, 6.45) is 2.16. The number of piperidine rings is 1. The van der Waals surface area contributed by atoms with E-state index in [1.807, 2.05) is 0 Å². The van der Waals surface area contributed by atoms with Crippen LogP contribution in [0.1, 0.15) is 47.5 Å². The van der Waals surface area contributed by atoms with Crippen LogP contribution in [0.15, 0.2) is 0 Å². The summed E-state index contributed by atoms with van der Waals surface area (Å²) in [6, 6.07) is 0. The van der Waals surface area contributed by atoms with E-state index in [2.05, 4.69) is 46.6 Å². The quantitative estimate of drug-likeness (QED) is 0.798. The van der Waals surface area contributed by atoms with Crippen molar-refractivity contribution in [2.45, 2.75) is 65.8 Å². The lowest BCUT2D eigenvalue weighted by atomic mass is 9.78. The largest absolute Gasteiger partial charge is 0.396 e. The minimum absolute atomic E-state index is 0.0580. The maximum absolute atomic E-state index is 9.45. The van der Waals surface area contributed by atoms with Crippen molar-refractivity contribution in [3.63, 3.8) is 0 Å². The molecule has 0 bridgehead atoms. The van der Waals surface area contributed by atoms with Gasteiger partial charge in [-0.2, -0.15) is 0 Å². The first-order chi connectivity index (χ1) is 12.1. The molecule has 5 heteroatoms. The molecule has 2 N–H and O–H groups in total. The minimum Gasteiger partial charge on any atom is -0.396 e. The van der Waals surface area contributed by atoms with Crippen LogP contribution in [0.2, 0.25) is 0 Å². The van der Waals surface area contributed by atoms with Gasteiger partial charge >= 0.3 is 0 Å².